The van der Waals surface area contributed by atoms with Gasteiger partial charge < -0.3 is 10.6 Å². The third-order valence-corrected chi connectivity index (χ3v) is 2.96. The first kappa shape index (κ1) is 14.5. The fourth-order valence-corrected chi connectivity index (χ4v) is 1.78. The molecule has 4 heteroatoms. The summed E-state index contributed by atoms with van der Waals surface area (Å²) >= 11 is 0. The van der Waals surface area contributed by atoms with E-state index in [2.05, 4.69) is 6.07 Å². The Labute approximate surface area is 108 Å². The van der Waals surface area contributed by atoms with E-state index in [0.29, 0.717) is 12.1 Å². The standard InChI is InChI=1S/C14H20FN3/c1-14(17,11-16)9-5-6-10-18(2)13-8-4-3-7-12(13)15/h3-4,7-8H,5-6,9-10,17H2,1-2H3. The highest BCUT2D eigenvalue weighted by Gasteiger charge is 2.16. The normalized spacial score (nSPS) is 13.7. The summed E-state index contributed by atoms with van der Waals surface area (Å²) in [6.07, 6.45) is 2.41. The Kier molecular flexibility index (Phi) is 5.11. The van der Waals surface area contributed by atoms with Gasteiger partial charge in [0.1, 0.15) is 11.4 Å². The van der Waals surface area contributed by atoms with Gasteiger partial charge in [-0.05, 0) is 38.3 Å². The molecule has 1 aromatic carbocycles. The van der Waals surface area contributed by atoms with Gasteiger partial charge in [0, 0.05) is 13.6 Å². The maximum Gasteiger partial charge on any atom is 0.146 e. The van der Waals surface area contributed by atoms with Crippen molar-refractivity contribution in [2.24, 2.45) is 5.73 Å². The van der Waals surface area contributed by atoms with Gasteiger partial charge in [-0.25, -0.2) is 4.39 Å². The number of hydrogen-bond donors (Lipinski definition) is 1. The Balaban J connectivity index is 2.37. The minimum absolute atomic E-state index is 0.208. The maximum atomic E-state index is 13.5. The minimum atomic E-state index is -0.753. The van der Waals surface area contributed by atoms with Crippen LogP contribution < -0.4 is 10.6 Å². The first-order valence-corrected chi connectivity index (χ1v) is 6.12. The molecule has 1 rings (SSSR count). The molecule has 2 N–H and O–H groups in total. The van der Waals surface area contributed by atoms with Crippen LogP contribution in [0.5, 0.6) is 0 Å². The molecule has 0 saturated carbocycles. The highest BCUT2D eigenvalue weighted by atomic mass is 19.1. The van der Waals surface area contributed by atoms with E-state index in [0.717, 1.165) is 19.4 Å². The van der Waals surface area contributed by atoms with Crippen molar-refractivity contribution in [1.29, 1.82) is 5.26 Å². The first-order valence-electron chi connectivity index (χ1n) is 6.12. The summed E-state index contributed by atoms with van der Waals surface area (Å²) in [7, 11) is 1.87. The Hall–Kier alpha value is -1.60. The molecule has 0 spiro atoms. The number of benzene rings is 1. The van der Waals surface area contributed by atoms with Gasteiger partial charge in [-0.1, -0.05) is 12.1 Å². The molecule has 18 heavy (non-hydrogen) atoms. The topological polar surface area (TPSA) is 53.0 Å². The first-order chi connectivity index (χ1) is 8.46. The number of anilines is 1. The Morgan fingerprint density at radius 1 is 1.39 bits per heavy atom. The van der Waals surface area contributed by atoms with E-state index in [1.807, 2.05) is 18.0 Å². The number of halogens is 1. The summed E-state index contributed by atoms with van der Waals surface area (Å²) in [6.45, 7) is 2.48. The second-order valence-electron chi connectivity index (χ2n) is 4.86. The van der Waals surface area contributed by atoms with Gasteiger partial charge in [0.2, 0.25) is 0 Å². The van der Waals surface area contributed by atoms with E-state index in [1.54, 1.807) is 19.1 Å². The van der Waals surface area contributed by atoms with E-state index < -0.39 is 5.54 Å². The van der Waals surface area contributed by atoms with Gasteiger partial charge in [0.15, 0.2) is 0 Å². The molecule has 0 bridgehead atoms. The van der Waals surface area contributed by atoms with Crippen molar-refractivity contribution >= 4 is 5.69 Å². The molecule has 1 unspecified atom stereocenters. The van der Waals surface area contributed by atoms with Crippen LogP contribution in [-0.2, 0) is 0 Å². The zero-order valence-electron chi connectivity index (χ0n) is 11.0. The SMILES string of the molecule is CN(CCCCC(C)(N)C#N)c1ccccc1F. The Morgan fingerprint density at radius 2 is 2.06 bits per heavy atom. The molecular weight excluding hydrogens is 229 g/mol. The summed E-state index contributed by atoms with van der Waals surface area (Å²) in [6, 6.07) is 8.79. The van der Waals surface area contributed by atoms with Gasteiger partial charge in [-0.15, -0.1) is 0 Å². The average Bonchev–Trinajstić information content (AvgIpc) is 2.35. The number of unbranched alkanes of at least 4 members (excludes halogenated alkanes) is 1. The van der Waals surface area contributed by atoms with Crippen molar-refractivity contribution in [3.8, 4) is 6.07 Å². The molecular formula is C14H20FN3. The fraction of sp³-hybridized carbons (Fsp3) is 0.500. The van der Waals surface area contributed by atoms with Gasteiger partial charge in [0.05, 0.1) is 11.8 Å². The number of nitriles is 1. The molecule has 0 aliphatic heterocycles. The second kappa shape index (κ2) is 6.36. The molecule has 0 saturated heterocycles. The van der Waals surface area contributed by atoms with Crippen LogP contribution in [0.15, 0.2) is 24.3 Å². The molecule has 1 atom stereocenters. The molecule has 1 aromatic rings. The molecule has 0 aromatic heterocycles. The zero-order valence-corrected chi connectivity index (χ0v) is 11.0. The second-order valence-corrected chi connectivity index (χ2v) is 4.86. The van der Waals surface area contributed by atoms with Gasteiger partial charge >= 0.3 is 0 Å². The molecule has 0 heterocycles. The summed E-state index contributed by atoms with van der Waals surface area (Å²) in [5.74, 6) is -0.208. The van der Waals surface area contributed by atoms with Crippen LogP contribution in [0, 0.1) is 17.1 Å². The minimum Gasteiger partial charge on any atom is -0.372 e. The quantitative estimate of drug-likeness (QED) is 0.789. The number of nitrogens with zero attached hydrogens (tertiary/aromatic N) is 2. The van der Waals surface area contributed by atoms with Crippen molar-refractivity contribution in [2.75, 3.05) is 18.5 Å². The summed E-state index contributed by atoms with van der Waals surface area (Å²) in [5, 5.41) is 8.78. The lowest BCUT2D eigenvalue weighted by atomic mass is 9.98. The third-order valence-electron chi connectivity index (χ3n) is 2.96. The lowest BCUT2D eigenvalue weighted by Gasteiger charge is -2.21. The lowest BCUT2D eigenvalue weighted by Crippen LogP contribution is -2.34. The highest BCUT2D eigenvalue weighted by Crippen LogP contribution is 2.18. The summed E-state index contributed by atoms with van der Waals surface area (Å²) in [5.41, 5.74) is 5.58. The molecule has 0 amide bonds. The van der Waals surface area contributed by atoms with Gasteiger partial charge in [0.25, 0.3) is 0 Å². The fourth-order valence-electron chi connectivity index (χ4n) is 1.78. The zero-order chi connectivity index (χ0) is 13.6. The number of nitrogens with two attached hydrogens (primary N) is 1. The van der Waals surface area contributed by atoms with Crippen LogP contribution in [0.4, 0.5) is 10.1 Å². The van der Waals surface area contributed by atoms with Crippen LogP contribution in [-0.4, -0.2) is 19.1 Å². The third kappa shape index (κ3) is 4.34. The molecule has 0 fully saturated rings. The highest BCUT2D eigenvalue weighted by molar-refractivity contribution is 5.46. The molecule has 98 valence electrons. The van der Waals surface area contributed by atoms with E-state index >= 15 is 0 Å². The lowest BCUT2D eigenvalue weighted by molar-refractivity contribution is 0.508. The Morgan fingerprint density at radius 3 is 2.67 bits per heavy atom. The number of rotatable bonds is 6. The van der Waals surface area contributed by atoms with Crippen LogP contribution in [0.25, 0.3) is 0 Å². The van der Waals surface area contributed by atoms with Crippen LogP contribution in [0.3, 0.4) is 0 Å². The molecule has 0 aliphatic carbocycles. The van der Waals surface area contributed by atoms with Crippen molar-refractivity contribution in [2.45, 2.75) is 31.7 Å². The van der Waals surface area contributed by atoms with E-state index in [-0.39, 0.29) is 5.82 Å². The number of para-hydroxylation sites is 1. The maximum absolute atomic E-state index is 13.5. The van der Waals surface area contributed by atoms with Crippen molar-refractivity contribution in [3.63, 3.8) is 0 Å². The van der Waals surface area contributed by atoms with Crippen LogP contribution in [0.2, 0.25) is 0 Å². The van der Waals surface area contributed by atoms with E-state index in [1.165, 1.54) is 6.07 Å². The largest absolute Gasteiger partial charge is 0.372 e. The smallest absolute Gasteiger partial charge is 0.146 e. The van der Waals surface area contributed by atoms with Crippen molar-refractivity contribution in [3.05, 3.63) is 30.1 Å². The monoisotopic (exact) mass is 249 g/mol. The molecule has 0 radical (unpaired) electrons. The van der Waals surface area contributed by atoms with Crippen molar-refractivity contribution in [1.82, 2.24) is 0 Å². The van der Waals surface area contributed by atoms with E-state index in [9.17, 15) is 4.39 Å². The van der Waals surface area contributed by atoms with Crippen LogP contribution >= 0.6 is 0 Å². The predicted octanol–water partition coefficient (Wildman–Crippen LogP) is 2.67. The molecule has 0 aliphatic rings. The van der Waals surface area contributed by atoms with Gasteiger partial charge in [-0.2, -0.15) is 5.26 Å². The number of hydrogen-bond acceptors (Lipinski definition) is 3. The summed E-state index contributed by atoms with van der Waals surface area (Å²) in [4.78, 5) is 1.88. The Bertz CT molecular complexity index is 423. The van der Waals surface area contributed by atoms with Crippen molar-refractivity contribution < 1.29 is 4.39 Å². The molecule has 3 nitrogen and oxygen atoms in total. The summed E-state index contributed by atoms with van der Waals surface area (Å²) < 4.78 is 13.5. The van der Waals surface area contributed by atoms with Crippen LogP contribution in [0.1, 0.15) is 26.2 Å². The average molecular weight is 249 g/mol. The van der Waals surface area contributed by atoms with Gasteiger partial charge in [-0.3, -0.25) is 0 Å². The predicted molar refractivity (Wildman–Crippen MR) is 71.7 cm³/mol. The van der Waals surface area contributed by atoms with E-state index in [4.69, 9.17) is 11.0 Å².